The Kier molecular flexibility index (Phi) is 3.89. The number of aromatic nitrogens is 1. The Morgan fingerprint density at radius 3 is 2.41 bits per heavy atom. The molecule has 1 aromatic carbocycles. The van der Waals surface area contributed by atoms with Gasteiger partial charge in [-0.25, -0.2) is 4.98 Å². The van der Waals surface area contributed by atoms with Crippen molar-refractivity contribution >= 4 is 34.8 Å². The molecule has 5 heteroatoms. The summed E-state index contributed by atoms with van der Waals surface area (Å²) < 4.78 is 0. The van der Waals surface area contributed by atoms with Gasteiger partial charge in [0.15, 0.2) is 0 Å². The highest BCUT2D eigenvalue weighted by Crippen LogP contribution is 2.29. The second-order valence-electron chi connectivity index (χ2n) is 3.46. The summed E-state index contributed by atoms with van der Waals surface area (Å²) in [5.41, 5.74) is 2.28. The number of aliphatic hydroxyl groups is 1. The second kappa shape index (κ2) is 5.23. The molecule has 1 N–H and O–H groups in total. The maximum atomic E-state index is 9.12. The SMILES string of the molecule is OCc1cc(-c2ccc(Cl)c(Cl)c2)cnc1Cl. The molecule has 88 valence electrons. The van der Waals surface area contributed by atoms with Crippen LogP contribution < -0.4 is 0 Å². The fourth-order valence-corrected chi connectivity index (χ4v) is 1.90. The Morgan fingerprint density at radius 1 is 1.00 bits per heavy atom. The topological polar surface area (TPSA) is 33.1 Å². The van der Waals surface area contributed by atoms with Crippen molar-refractivity contribution < 1.29 is 5.11 Å². The number of benzene rings is 1. The molecule has 0 amide bonds. The average Bonchev–Trinajstić information content (AvgIpc) is 2.33. The molecule has 0 fully saturated rings. The molecule has 1 aromatic heterocycles. The van der Waals surface area contributed by atoms with Crippen molar-refractivity contribution in [3.63, 3.8) is 0 Å². The van der Waals surface area contributed by atoms with Gasteiger partial charge in [0.2, 0.25) is 0 Å². The van der Waals surface area contributed by atoms with Crippen LogP contribution in [0.2, 0.25) is 15.2 Å². The third-order valence-electron chi connectivity index (χ3n) is 2.33. The van der Waals surface area contributed by atoms with Gasteiger partial charge in [-0.2, -0.15) is 0 Å². The van der Waals surface area contributed by atoms with E-state index in [9.17, 15) is 0 Å². The van der Waals surface area contributed by atoms with Gasteiger partial charge in [-0.15, -0.1) is 0 Å². The maximum Gasteiger partial charge on any atom is 0.134 e. The molecule has 2 aromatic rings. The van der Waals surface area contributed by atoms with Crippen LogP contribution >= 0.6 is 34.8 Å². The van der Waals surface area contributed by atoms with Crippen LogP contribution in [0, 0.1) is 0 Å². The number of hydrogen-bond donors (Lipinski definition) is 1. The molecule has 0 spiro atoms. The lowest BCUT2D eigenvalue weighted by atomic mass is 10.1. The van der Waals surface area contributed by atoms with Crippen molar-refractivity contribution in [2.75, 3.05) is 0 Å². The van der Waals surface area contributed by atoms with Crippen LogP contribution in [0.25, 0.3) is 11.1 Å². The van der Waals surface area contributed by atoms with Gasteiger partial charge >= 0.3 is 0 Å². The minimum absolute atomic E-state index is 0.152. The summed E-state index contributed by atoms with van der Waals surface area (Å²) in [6.07, 6.45) is 1.63. The van der Waals surface area contributed by atoms with Crippen LogP contribution in [0.5, 0.6) is 0 Å². The molecular formula is C12H8Cl3NO. The van der Waals surface area contributed by atoms with Crippen molar-refractivity contribution in [2.45, 2.75) is 6.61 Å². The van der Waals surface area contributed by atoms with E-state index in [1.165, 1.54) is 0 Å². The van der Waals surface area contributed by atoms with E-state index in [1.807, 2.05) is 6.07 Å². The number of halogens is 3. The Hall–Kier alpha value is -0.800. The molecule has 0 unspecified atom stereocenters. The molecule has 2 rings (SSSR count). The third kappa shape index (κ3) is 2.72. The van der Waals surface area contributed by atoms with Gasteiger partial charge in [-0.1, -0.05) is 40.9 Å². The lowest BCUT2D eigenvalue weighted by molar-refractivity contribution is 0.281. The van der Waals surface area contributed by atoms with Crippen molar-refractivity contribution in [1.29, 1.82) is 0 Å². The highest BCUT2D eigenvalue weighted by molar-refractivity contribution is 6.42. The van der Waals surface area contributed by atoms with Crippen LogP contribution in [0.4, 0.5) is 0 Å². The van der Waals surface area contributed by atoms with E-state index < -0.39 is 0 Å². The zero-order chi connectivity index (χ0) is 12.4. The fraction of sp³-hybridized carbons (Fsp3) is 0.0833. The molecule has 0 bridgehead atoms. The van der Waals surface area contributed by atoms with E-state index in [0.29, 0.717) is 20.8 Å². The molecule has 0 radical (unpaired) electrons. The Morgan fingerprint density at radius 2 is 1.76 bits per heavy atom. The summed E-state index contributed by atoms with van der Waals surface area (Å²) in [6.45, 7) is -0.152. The predicted molar refractivity (Wildman–Crippen MR) is 70.6 cm³/mol. The quantitative estimate of drug-likeness (QED) is 0.840. The molecule has 17 heavy (non-hydrogen) atoms. The van der Waals surface area contributed by atoms with Gasteiger partial charge in [0.25, 0.3) is 0 Å². The smallest absolute Gasteiger partial charge is 0.134 e. The first-order valence-corrected chi connectivity index (χ1v) is 5.96. The summed E-state index contributed by atoms with van der Waals surface area (Å²) in [5, 5.41) is 10.4. The largest absolute Gasteiger partial charge is 0.392 e. The first-order valence-electron chi connectivity index (χ1n) is 4.82. The van der Waals surface area contributed by atoms with Gasteiger partial charge in [-0.3, -0.25) is 0 Å². The van der Waals surface area contributed by atoms with Crippen molar-refractivity contribution in [2.24, 2.45) is 0 Å². The third-order valence-corrected chi connectivity index (χ3v) is 3.41. The number of aliphatic hydroxyl groups excluding tert-OH is 1. The van der Waals surface area contributed by atoms with Gasteiger partial charge in [-0.05, 0) is 23.8 Å². The zero-order valence-corrected chi connectivity index (χ0v) is 10.9. The minimum atomic E-state index is -0.152. The standard InChI is InChI=1S/C12H8Cl3NO/c13-10-2-1-7(4-11(10)14)8-3-9(6-17)12(15)16-5-8/h1-5,17H,6H2. The Labute approximate surface area is 114 Å². The van der Waals surface area contributed by atoms with E-state index in [2.05, 4.69) is 4.98 Å². The molecule has 0 aliphatic heterocycles. The first kappa shape index (κ1) is 12.7. The summed E-state index contributed by atoms with van der Waals surface area (Å²) in [7, 11) is 0. The number of hydrogen-bond acceptors (Lipinski definition) is 2. The summed E-state index contributed by atoms with van der Waals surface area (Å²) >= 11 is 17.6. The lowest BCUT2D eigenvalue weighted by Gasteiger charge is -2.06. The van der Waals surface area contributed by atoms with Crippen LogP contribution in [0.3, 0.4) is 0 Å². The predicted octanol–water partition coefficient (Wildman–Crippen LogP) is 4.20. The second-order valence-corrected chi connectivity index (χ2v) is 4.63. The van der Waals surface area contributed by atoms with Gasteiger partial charge in [0.1, 0.15) is 5.15 Å². The van der Waals surface area contributed by atoms with E-state index in [1.54, 1.807) is 24.4 Å². The van der Waals surface area contributed by atoms with E-state index in [-0.39, 0.29) is 6.61 Å². The summed E-state index contributed by atoms with van der Waals surface area (Å²) in [6, 6.07) is 7.07. The van der Waals surface area contributed by atoms with E-state index in [0.717, 1.165) is 11.1 Å². The lowest BCUT2D eigenvalue weighted by Crippen LogP contribution is -1.90. The Bertz CT molecular complexity index is 557. The zero-order valence-electron chi connectivity index (χ0n) is 8.62. The molecule has 0 atom stereocenters. The van der Waals surface area contributed by atoms with Gasteiger partial charge < -0.3 is 5.11 Å². The van der Waals surface area contributed by atoms with Crippen LogP contribution in [-0.2, 0) is 6.61 Å². The van der Waals surface area contributed by atoms with Crippen molar-refractivity contribution in [1.82, 2.24) is 4.98 Å². The van der Waals surface area contributed by atoms with Crippen LogP contribution in [0.1, 0.15) is 5.56 Å². The molecule has 0 saturated heterocycles. The Balaban J connectivity index is 2.49. The van der Waals surface area contributed by atoms with Gasteiger partial charge in [0, 0.05) is 17.3 Å². The molecule has 0 saturated carbocycles. The monoisotopic (exact) mass is 287 g/mol. The van der Waals surface area contributed by atoms with Crippen molar-refractivity contribution in [3.05, 3.63) is 51.2 Å². The normalized spacial score (nSPS) is 10.6. The van der Waals surface area contributed by atoms with E-state index in [4.69, 9.17) is 39.9 Å². The van der Waals surface area contributed by atoms with Gasteiger partial charge in [0.05, 0.1) is 16.7 Å². The number of nitrogens with zero attached hydrogens (tertiary/aromatic N) is 1. The van der Waals surface area contributed by atoms with E-state index >= 15 is 0 Å². The summed E-state index contributed by atoms with van der Waals surface area (Å²) in [5.74, 6) is 0. The molecule has 2 nitrogen and oxygen atoms in total. The molecule has 1 heterocycles. The fourth-order valence-electron chi connectivity index (χ4n) is 1.44. The maximum absolute atomic E-state index is 9.12. The molecule has 0 aliphatic carbocycles. The van der Waals surface area contributed by atoms with Crippen LogP contribution in [-0.4, -0.2) is 10.1 Å². The average molecular weight is 289 g/mol. The van der Waals surface area contributed by atoms with Crippen LogP contribution in [0.15, 0.2) is 30.5 Å². The summed E-state index contributed by atoms with van der Waals surface area (Å²) in [4.78, 5) is 4.01. The highest BCUT2D eigenvalue weighted by Gasteiger charge is 2.06. The molecule has 0 aliphatic rings. The minimum Gasteiger partial charge on any atom is -0.392 e. The first-order chi connectivity index (χ1) is 8.11. The molecular weight excluding hydrogens is 280 g/mol. The number of rotatable bonds is 2. The van der Waals surface area contributed by atoms with Crippen molar-refractivity contribution in [3.8, 4) is 11.1 Å². The number of pyridine rings is 1. The highest BCUT2D eigenvalue weighted by atomic mass is 35.5.